The van der Waals surface area contributed by atoms with Gasteiger partial charge in [0.15, 0.2) is 27.8 Å². The molecule has 0 N–H and O–H groups in total. The van der Waals surface area contributed by atoms with Crippen molar-refractivity contribution in [2.45, 2.75) is 59.8 Å². The number of nitrogens with zero attached hydrogens (tertiary/aromatic N) is 2. The molecule has 2 heterocycles. The summed E-state index contributed by atoms with van der Waals surface area (Å²) in [4.78, 5) is 32.3. The summed E-state index contributed by atoms with van der Waals surface area (Å²) in [6.45, 7) is 11.3. The molecule has 0 spiro atoms. The molecule has 0 fully saturated rings. The van der Waals surface area contributed by atoms with Crippen LogP contribution in [0.3, 0.4) is 0 Å². The van der Waals surface area contributed by atoms with Gasteiger partial charge in [0, 0.05) is 0 Å². The summed E-state index contributed by atoms with van der Waals surface area (Å²) in [7, 11) is 3.07. The molecule has 0 aliphatic carbocycles. The highest BCUT2D eigenvalue weighted by molar-refractivity contribution is 7.07. The number of halogens is 1. The lowest BCUT2D eigenvalue weighted by Gasteiger charge is -2.25. The molecule has 1 aliphatic rings. The zero-order chi connectivity index (χ0) is 30.7. The minimum absolute atomic E-state index is 0.0715. The molecule has 1 aliphatic heterocycles. The van der Waals surface area contributed by atoms with Crippen LogP contribution >= 0.6 is 22.9 Å². The van der Waals surface area contributed by atoms with Crippen LogP contribution in [0.4, 0.5) is 0 Å². The highest BCUT2D eigenvalue weighted by atomic mass is 35.5. The quantitative estimate of drug-likeness (QED) is 0.295. The minimum atomic E-state index is -0.801. The number of carbonyl (C=O) groups is 1. The van der Waals surface area contributed by atoms with Crippen molar-refractivity contribution in [1.29, 1.82) is 0 Å². The molecule has 0 unspecified atom stereocenters. The van der Waals surface area contributed by atoms with Crippen molar-refractivity contribution >= 4 is 35.0 Å². The Labute approximate surface area is 253 Å². The number of aromatic nitrogens is 1. The van der Waals surface area contributed by atoms with Gasteiger partial charge in [-0.2, -0.15) is 0 Å². The van der Waals surface area contributed by atoms with Crippen molar-refractivity contribution in [1.82, 2.24) is 4.57 Å². The number of carbonyl (C=O) groups excluding carboxylic acids is 1. The first-order valence-electron chi connectivity index (χ1n) is 13.6. The molecule has 0 radical (unpaired) electrons. The first-order valence-corrected chi connectivity index (χ1v) is 14.8. The highest BCUT2D eigenvalue weighted by Gasteiger charge is 2.34. The fourth-order valence-electron chi connectivity index (χ4n) is 4.64. The van der Waals surface area contributed by atoms with Crippen molar-refractivity contribution in [3.8, 4) is 23.0 Å². The van der Waals surface area contributed by atoms with Gasteiger partial charge >= 0.3 is 5.97 Å². The number of allylic oxidation sites excluding steroid dienone is 1. The third-order valence-electron chi connectivity index (χ3n) is 6.29. The van der Waals surface area contributed by atoms with Gasteiger partial charge in [-0.1, -0.05) is 29.0 Å². The van der Waals surface area contributed by atoms with Gasteiger partial charge in [-0.3, -0.25) is 9.36 Å². The average molecular weight is 615 g/mol. The molecule has 9 nitrogen and oxygen atoms in total. The van der Waals surface area contributed by atoms with Crippen LogP contribution in [0.5, 0.6) is 23.0 Å². The summed E-state index contributed by atoms with van der Waals surface area (Å²) < 4.78 is 30.2. The number of esters is 1. The Kier molecular flexibility index (Phi) is 9.68. The first-order chi connectivity index (χ1) is 20.0. The summed E-state index contributed by atoms with van der Waals surface area (Å²) in [5, 5.41) is 0.358. The molecular formula is C31H35ClN2O7S. The number of benzene rings is 2. The molecule has 3 aromatic rings. The van der Waals surface area contributed by atoms with E-state index >= 15 is 0 Å². The van der Waals surface area contributed by atoms with Crippen LogP contribution < -0.4 is 33.8 Å². The van der Waals surface area contributed by atoms with E-state index in [0.29, 0.717) is 54.2 Å². The lowest BCUT2D eigenvalue weighted by Crippen LogP contribution is -2.40. The average Bonchev–Trinajstić information content (AvgIpc) is 3.23. The molecule has 4 rings (SSSR count). The zero-order valence-corrected chi connectivity index (χ0v) is 26.5. The monoisotopic (exact) mass is 614 g/mol. The van der Waals surface area contributed by atoms with E-state index in [2.05, 4.69) is 4.99 Å². The van der Waals surface area contributed by atoms with Gasteiger partial charge < -0.3 is 23.7 Å². The largest absolute Gasteiger partial charge is 0.493 e. The van der Waals surface area contributed by atoms with Gasteiger partial charge in [0.1, 0.15) is 0 Å². The maximum atomic E-state index is 14.0. The second-order valence-corrected chi connectivity index (χ2v) is 11.5. The van der Waals surface area contributed by atoms with Gasteiger partial charge in [-0.05, 0) is 83.0 Å². The molecule has 1 atom stereocenters. The SMILES string of the molecule is CCOC(=O)C1=C(C)N=c2s/c(=C/c3cc(Cl)c(OC(C)C)c(OC)c3)c(=O)n2[C@H]1c1ccc(OC(C)C)c(OC)c1. The van der Waals surface area contributed by atoms with Gasteiger partial charge in [0.25, 0.3) is 5.56 Å². The molecule has 0 saturated heterocycles. The molecule has 224 valence electrons. The molecule has 0 bridgehead atoms. The molecule has 1 aromatic heterocycles. The van der Waals surface area contributed by atoms with Crippen molar-refractivity contribution in [3.63, 3.8) is 0 Å². The van der Waals surface area contributed by atoms with E-state index in [1.54, 1.807) is 51.3 Å². The lowest BCUT2D eigenvalue weighted by atomic mass is 9.95. The molecule has 0 amide bonds. The van der Waals surface area contributed by atoms with Gasteiger partial charge in [-0.25, -0.2) is 9.79 Å². The van der Waals surface area contributed by atoms with Crippen LogP contribution in [0.2, 0.25) is 5.02 Å². The summed E-state index contributed by atoms with van der Waals surface area (Å²) in [5.74, 6) is 1.37. The highest BCUT2D eigenvalue weighted by Crippen LogP contribution is 2.38. The second kappa shape index (κ2) is 13.0. The van der Waals surface area contributed by atoms with Crippen LogP contribution in [0.25, 0.3) is 6.08 Å². The predicted octanol–water partition coefficient (Wildman–Crippen LogP) is 5.04. The summed E-state index contributed by atoms with van der Waals surface area (Å²) in [5.41, 5.74) is 1.71. The number of thiazole rings is 1. The fraction of sp³-hybridized carbons (Fsp3) is 0.387. The Morgan fingerprint density at radius 3 is 2.36 bits per heavy atom. The molecule has 0 saturated carbocycles. The summed E-state index contributed by atoms with van der Waals surface area (Å²) >= 11 is 7.75. The minimum Gasteiger partial charge on any atom is -0.493 e. The molecule has 2 aromatic carbocycles. The first kappa shape index (κ1) is 31.2. The van der Waals surface area contributed by atoms with Crippen LogP contribution in [0.1, 0.15) is 58.7 Å². The normalized spacial score (nSPS) is 15.0. The van der Waals surface area contributed by atoms with Gasteiger partial charge in [-0.15, -0.1) is 0 Å². The van der Waals surface area contributed by atoms with E-state index in [0.717, 1.165) is 0 Å². The van der Waals surface area contributed by atoms with Gasteiger partial charge in [0.05, 0.1) is 59.9 Å². The fourth-order valence-corrected chi connectivity index (χ4v) is 5.95. The van der Waals surface area contributed by atoms with Crippen LogP contribution in [0, 0.1) is 0 Å². The third-order valence-corrected chi connectivity index (χ3v) is 7.55. The van der Waals surface area contributed by atoms with E-state index < -0.39 is 12.0 Å². The zero-order valence-electron chi connectivity index (χ0n) is 24.9. The molecule has 42 heavy (non-hydrogen) atoms. The Morgan fingerprint density at radius 2 is 1.74 bits per heavy atom. The van der Waals surface area contributed by atoms with Crippen LogP contribution in [-0.2, 0) is 9.53 Å². The van der Waals surface area contributed by atoms with E-state index in [-0.39, 0.29) is 29.9 Å². The number of methoxy groups -OCH3 is 2. The van der Waals surface area contributed by atoms with Crippen molar-refractivity contribution in [3.05, 3.63) is 77.4 Å². The van der Waals surface area contributed by atoms with Crippen molar-refractivity contribution in [2.75, 3.05) is 20.8 Å². The Morgan fingerprint density at radius 1 is 1.05 bits per heavy atom. The number of rotatable bonds is 10. The van der Waals surface area contributed by atoms with Crippen LogP contribution in [-0.4, -0.2) is 43.6 Å². The van der Waals surface area contributed by atoms with E-state index in [1.807, 2.05) is 33.8 Å². The maximum Gasteiger partial charge on any atom is 0.338 e. The topological polar surface area (TPSA) is 97.6 Å². The predicted molar refractivity (Wildman–Crippen MR) is 163 cm³/mol. The van der Waals surface area contributed by atoms with Crippen molar-refractivity contribution < 1.29 is 28.5 Å². The summed E-state index contributed by atoms with van der Waals surface area (Å²) in [6.07, 6.45) is 1.54. The van der Waals surface area contributed by atoms with Crippen molar-refractivity contribution in [2.24, 2.45) is 4.99 Å². The number of fused-ring (bicyclic) bond motifs is 1. The molecule has 11 heteroatoms. The number of hydrogen-bond donors (Lipinski definition) is 0. The second-order valence-electron chi connectivity index (χ2n) is 10.1. The van der Waals surface area contributed by atoms with Gasteiger partial charge in [0.2, 0.25) is 0 Å². The Hall–Kier alpha value is -3.76. The number of hydrogen-bond acceptors (Lipinski definition) is 9. The Balaban J connectivity index is 1.92. The smallest absolute Gasteiger partial charge is 0.338 e. The summed E-state index contributed by atoms with van der Waals surface area (Å²) in [6, 6.07) is 8.03. The third kappa shape index (κ3) is 6.34. The van der Waals surface area contributed by atoms with Crippen LogP contribution in [0.15, 0.2) is 51.4 Å². The standard InChI is InChI=1S/C31H35ClN2O7S/c1-9-39-30(36)26-18(6)33-31-34(27(26)20-10-11-22(40-16(2)3)23(15-20)37-7)29(35)25(42-31)14-19-12-21(32)28(41-17(4)5)24(13-19)38-8/h10-17,27H,9H2,1-8H3/b25-14+/t27-/m0/s1. The number of ether oxygens (including phenoxy) is 5. The Bertz CT molecular complexity index is 1700. The van der Waals surface area contributed by atoms with E-state index in [1.165, 1.54) is 23.0 Å². The maximum absolute atomic E-state index is 14.0. The lowest BCUT2D eigenvalue weighted by molar-refractivity contribution is -0.139. The molecular weight excluding hydrogens is 580 g/mol. The van der Waals surface area contributed by atoms with E-state index in [4.69, 9.17) is 35.3 Å². The van der Waals surface area contributed by atoms with E-state index in [9.17, 15) is 9.59 Å².